The molecule has 1 aromatic carbocycles. The smallest absolute Gasteiger partial charge is 0.340 e. The van der Waals surface area contributed by atoms with E-state index in [4.69, 9.17) is 15.2 Å². The predicted octanol–water partition coefficient (Wildman–Crippen LogP) is 2.42. The highest BCUT2D eigenvalue weighted by Crippen LogP contribution is 2.22. The molecule has 5 nitrogen and oxygen atoms in total. The second kappa shape index (κ2) is 6.61. The molecule has 1 aromatic rings. The topological polar surface area (TPSA) is 73.6 Å². The standard InChI is InChI=1S/C15H22N2O3/c1-3-19-15(18)13-9-11(4-5-14(13)16)17-12-6-7-20-10(2)8-12/h4-5,9-10,12,17H,3,6-8,16H2,1-2H3. The monoisotopic (exact) mass is 278 g/mol. The Morgan fingerprint density at radius 1 is 1.55 bits per heavy atom. The van der Waals surface area contributed by atoms with Crippen LogP contribution in [0.3, 0.4) is 0 Å². The number of anilines is 2. The summed E-state index contributed by atoms with van der Waals surface area (Å²) in [5, 5.41) is 3.43. The molecule has 1 aliphatic heterocycles. The molecule has 1 saturated heterocycles. The maximum atomic E-state index is 11.8. The Hall–Kier alpha value is -1.75. The highest BCUT2D eigenvalue weighted by molar-refractivity contribution is 5.96. The van der Waals surface area contributed by atoms with Crippen molar-refractivity contribution < 1.29 is 14.3 Å². The van der Waals surface area contributed by atoms with Crippen molar-refractivity contribution in [2.75, 3.05) is 24.3 Å². The summed E-state index contributed by atoms with van der Waals surface area (Å²) in [6.07, 6.45) is 2.18. The Balaban J connectivity index is 2.08. The zero-order valence-corrected chi connectivity index (χ0v) is 12.0. The minimum Gasteiger partial charge on any atom is -0.462 e. The van der Waals surface area contributed by atoms with E-state index >= 15 is 0 Å². The molecule has 0 saturated carbocycles. The van der Waals surface area contributed by atoms with Crippen LogP contribution in [0.15, 0.2) is 18.2 Å². The van der Waals surface area contributed by atoms with Gasteiger partial charge in [-0.3, -0.25) is 0 Å². The van der Waals surface area contributed by atoms with Gasteiger partial charge >= 0.3 is 5.97 Å². The molecule has 0 aromatic heterocycles. The van der Waals surface area contributed by atoms with Gasteiger partial charge in [-0.1, -0.05) is 0 Å². The van der Waals surface area contributed by atoms with Gasteiger partial charge in [-0.25, -0.2) is 4.79 Å². The average molecular weight is 278 g/mol. The first kappa shape index (κ1) is 14.7. The normalized spacial score (nSPS) is 22.3. The second-order valence-electron chi connectivity index (χ2n) is 5.07. The lowest BCUT2D eigenvalue weighted by atomic mass is 10.0. The molecule has 3 N–H and O–H groups in total. The molecule has 2 rings (SSSR count). The summed E-state index contributed by atoms with van der Waals surface area (Å²) in [6.45, 7) is 4.95. The van der Waals surface area contributed by atoms with Gasteiger partial charge in [-0.05, 0) is 44.9 Å². The summed E-state index contributed by atoms with van der Waals surface area (Å²) in [7, 11) is 0. The largest absolute Gasteiger partial charge is 0.462 e. The Bertz CT molecular complexity index is 476. The quantitative estimate of drug-likeness (QED) is 0.653. The highest BCUT2D eigenvalue weighted by Gasteiger charge is 2.20. The third-order valence-electron chi connectivity index (χ3n) is 3.40. The van der Waals surface area contributed by atoms with E-state index in [0.717, 1.165) is 25.1 Å². The molecule has 0 bridgehead atoms. The number of nitrogens with one attached hydrogen (secondary N) is 1. The van der Waals surface area contributed by atoms with Crippen molar-refractivity contribution in [2.24, 2.45) is 0 Å². The molecule has 0 radical (unpaired) electrons. The Morgan fingerprint density at radius 2 is 2.35 bits per heavy atom. The molecular formula is C15H22N2O3. The van der Waals surface area contributed by atoms with Gasteiger partial charge in [0.15, 0.2) is 0 Å². The number of hydrogen-bond donors (Lipinski definition) is 2. The van der Waals surface area contributed by atoms with Crippen LogP contribution in [0.5, 0.6) is 0 Å². The number of nitrogen functional groups attached to an aromatic ring is 1. The molecule has 20 heavy (non-hydrogen) atoms. The van der Waals surface area contributed by atoms with Crippen molar-refractivity contribution in [3.8, 4) is 0 Å². The Labute approximate surface area is 119 Å². The maximum Gasteiger partial charge on any atom is 0.340 e. The molecule has 2 unspecified atom stereocenters. The average Bonchev–Trinajstić information content (AvgIpc) is 2.41. The van der Waals surface area contributed by atoms with Gasteiger partial charge in [0.1, 0.15) is 0 Å². The molecule has 110 valence electrons. The van der Waals surface area contributed by atoms with Crippen LogP contribution in [0.1, 0.15) is 37.0 Å². The lowest BCUT2D eigenvalue weighted by Crippen LogP contribution is -2.32. The van der Waals surface area contributed by atoms with E-state index in [0.29, 0.717) is 23.9 Å². The summed E-state index contributed by atoms with van der Waals surface area (Å²) in [6, 6.07) is 5.74. The first-order chi connectivity index (χ1) is 9.60. The first-order valence-corrected chi connectivity index (χ1v) is 7.05. The lowest BCUT2D eigenvalue weighted by molar-refractivity contribution is 0.0232. The number of rotatable bonds is 4. The predicted molar refractivity (Wildman–Crippen MR) is 78.9 cm³/mol. The van der Waals surface area contributed by atoms with E-state index in [1.54, 1.807) is 19.1 Å². The molecule has 2 atom stereocenters. The molecule has 1 fully saturated rings. The zero-order valence-electron chi connectivity index (χ0n) is 12.0. The van der Waals surface area contributed by atoms with Gasteiger partial charge in [0.25, 0.3) is 0 Å². The van der Waals surface area contributed by atoms with Gasteiger partial charge in [0.05, 0.1) is 18.3 Å². The van der Waals surface area contributed by atoms with E-state index in [-0.39, 0.29) is 12.1 Å². The van der Waals surface area contributed by atoms with E-state index in [1.165, 1.54) is 0 Å². The minimum absolute atomic E-state index is 0.263. The van der Waals surface area contributed by atoms with Crippen molar-refractivity contribution in [3.05, 3.63) is 23.8 Å². The number of ether oxygens (including phenoxy) is 2. The molecule has 0 spiro atoms. The van der Waals surface area contributed by atoms with Crippen LogP contribution in [0.25, 0.3) is 0 Å². The summed E-state index contributed by atoms with van der Waals surface area (Å²) >= 11 is 0. The van der Waals surface area contributed by atoms with Crippen LogP contribution in [-0.4, -0.2) is 31.3 Å². The number of carbonyl (C=O) groups excluding carboxylic acids is 1. The molecular weight excluding hydrogens is 256 g/mol. The zero-order chi connectivity index (χ0) is 14.5. The Kier molecular flexibility index (Phi) is 4.84. The fourth-order valence-electron chi connectivity index (χ4n) is 2.40. The Morgan fingerprint density at radius 3 is 3.05 bits per heavy atom. The fourth-order valence-corrected chi connectivity index (χ4v) is 2.40. The van der Waals surface area contributed by atoms with Gasteiger partial charge in [0.2, 0.25) is 0 Å². The fraction of sp³-hybridized carbons (Fsp3) is 0.533. The lowest BCUT2D eigenvalue weighted by Gasteiger charge is -2.28. The molecule has 0 amide bonds. The minimum atomic E-state index is -0.381. The van der Waals surface area contributed by atoms with E-state index in [9.17, 15) is 4.79 Å². The number of esters is 1. The maximum absolute atomic E-state index is 11.8. The molecule has 5 heteroatoms. The summed E-state index contributed by atoms with van der Waals surface area (Å²) < 4.78 is 10.5. The van der Waals surface area contributed by atoms with Crippen molar-refractivity contribution in [2.45, 2.75) is 38.8 Å². The summed E-state index contributed by atoms with van der Waals surface area (Å²) in [5.41, 5.74) is 7.57. The number of hydrogen-bond acceptors (Lipinski definition) is 5. The van der Waals surface area contributed by atoms with Crippen molar-refractivity contribution in [1.82, 2.24) is 0 Å². The van der Waals surface area contributed by atoms with Crippen LogP contribution in [0, 0.1) is 0 Å². The summed E-state index contributed by atoms with van der Waals surface area (Å²) in [4.78, 5) is 11.8. The van der Waals surface area contributed by atoms with E-state index < -0.39 is 0 Å². The van der Waals surface area contributed by atoms with Crippen molar-refractivity contribution in [1.29, 1.82) is 0 Å². The second-order valence-corrected chi connectivity index (χ2v) is 5.07. The molecule has 1 aliphatic rings. The van der Waals surface area contributed by atoms with Crippen LogP contribution < -0.4 is 11.1 Å². The van der Waals surface area contributed by atoms with Crippen molar-refractivity contribution >= 4 is 17.3 Å². The number of carbonyl (C=O) groups is 1. The van der Waals surface area contributed by atoms with Crippen LogP contribution >= 0.6 is 0 Å². The van der Waals surface area contributed by atoms with Crippen LogP contribution in [-0.2, 0) is 9.47 Å². The van der Waals surface area contributed by atoms with Gasteiger partial charge in [-0.2, -0.15) is 0 Å². The highest BCUT2D eigenvalue weighted by atomic mass is 16.5. The third kappa shape index (κ3) is 3.63. The molecule has 1 heterocycles. The van der Waals surface area contributed by atoms with Gasteiger partial charge in [0, 0.05) is 24.0 Å². The number of nitrogens with two attached hydrogens (primary N) is 1. The molecule has 0 aliphatic carbocycles. The first-order valence-electron chi connectivity index (χ1n) is 7.05. The summed E-state index contributed by atoms with van der Waals surface area (Å²) in [5.74, 6) is -0.381. The number of benzene rings is 1. The van der Waals surface area contributed by atoms with Crippen LogP contribution in [0.2, 0.25) is 0 Å². The van der Waals surface area contributed by atoms with Gasteiger partial charge < -0.3 is 20.5 Å². The third-order valence-corrected chi connectivity index (χ3v) is 3.40. The van der Waals surface area contributed by atoms with Crippen molar-refractivity contribution in [3.63, 3.8) is 0 Å². The SMILES string of the molecule is CCOC(=O)c1cc(NC2CCOC(C)C2)ccc1N. The van der Waals surface area contributed by atoms with E-state index in [1.807, 2.05) is 6.07 Å². The van der Waals surface area contributed by atoms with Crippen LogP contribution in [0.4, 0.5) is 11.4 Å². The van der Waals surface area contributed by atoms with E-state index in [2.05, 4.69) is 12.2 Å². The van der Waals surface area contributed by atoms with Gasteiger partial charge in [-0.15, -0.1) is 0 Å².